The third kappa shape index (κ3) is 3.26. The highest BCUT2D eigenvalue weighted by Crippen LogP contribution is 2.27. The molecule has 112 valence electrons. The third-order valence-electron chi connectivity index (χ3n) is 4.10. The molecule has 0 saturated carbocycles. The summed E-state index contributed by atoms with van der Waals surface area (Å²) in [6.45, 7) is 13.5. The maximum atomic E-state index is 12.2. The van der Waals surface area contributed by atoms with Gasteiger partial charge in [0.15, 0.2) is 0 Å². The number of hydrogen-bond donors (Lipinski definition) is 0. The van der Waals surface area contributed by atoms with Crippen LogP contribution in [0.3, 0.4) is 0 Å². The first-order valence-electron chi connectivity index (χ1n) is 7.47. The van der Waals surface area contributed by atoms with E-state index in [-0.39, 0.29) is 11.0 Å². The molecule has 0 fully saturated rings. The highest BCUT2D eigenvalue weighted by molar-refractivity contribution is 5.40. The maximum absolute atomic E-state index is 12.2. The van der Waals surface area contributed by atoms with E-state index < -0.39 is 0 Å². The average molecular weight is 283 g/mol. The van der Waals surface area contributed by atoms with Crippen LogP contribution in [-0.4, -0.2) is 4.57 Å². The predicted molar refractivity (Wildman–Crippen MR) is 89.2 cm³/mol. The van der Waals surface area contributed by atoms with Crippen molar-refractivity contribution in [1.82, 2.24) is 4.57 Å². The van der Waals surface area contributed by atoms with Gasteiger partial charge in [-0.3, -0.25) is 4.79 Å². The molecule has 2 aromatic rings. The van der Waals surface area contributed by atoms with Crippen LogP contribution in [0.1, 0.15) is 48.6 Å². The van der Waals surface area contributed by atoms with Gasteiger partial charge < -0.3 is 4.57 Å². The van der Waals surface area contributed by atoms with E-state index in [0.717, 1.165) is 5.56 Å². The van der Waals surface area contributed by atoms with Crippen molar-refractivity contribution in [3.05, 3.63) is 68.6 Å². The second-order valence-corrected chi connectivity index (χ2v) is 6.96. The highest BCUT2D eigenvalue weighted by Gasteiger charge is 2.16. The van der Waals surface area contributed by atoms with Gasteiger partial charge in [0.25, 0.3) is 5.56 Å². The zero-order valence-electron chi connectivity index (χ0n) is 13.9. The number of benzene rings is 1. The average Bonchev–Trinajstić information content (AvgIpc) is 2.37. The molecule has 21 heavy (non-hydrogen) atoms. The molecule has 1 heterocycles. The van der Waals surface area contributed by atoms with Crippen LogP contribution in [0.4, 0.5) is 0 Å². The topological polar surface area (TPSA) is 22.0 Å². The van der Waals surface area contributed by atoms with Crippen molar-refractivity contribution in [1.29, 1.82) is 0 Å². The molecular formula is C19H25NO. The Kier molecular flexibility index (Phi) is 4.08. The standard InChI is InChI=1S/C19H25NO/c1-13-8-7-9-20(18(13)21)12-17-14(2)10-16(11-15(17)3)19(4,5)6/h7-11H,12H2,1-6H3. The van der Waals surface area contributed by atoms with Crippen molar-refractivity contribution in [2.24, 2.45) is 0 Å². The number of nitrogens with zero attached hydrogens (tertiary/aromatic N) is 1. The molecule has 2 rings (SSSR count). The molecule has 0 saturated heterocycles. The van der Waals surface area contributed by atoms with Gasteiger partial charge in [-0.15, -0.1) is 0 Å². The molecule has 2 heteroatoms. The zero-order chi connectivity index (χ0) is 15.8. The molecule has 1 aromatic heterocycles. The Labute approximate surface area is 127 Å². The van der Waals surface area contributed by atoms with Crippen molar-refractivity contribution in [2.45, 2.75) is 53.5 Å². The normalized spacial score (nSPS) is 11.7. The molecule has 0 aliphatic rings. The smallest absolute Gasteiger partial charge is 0.253 e. The minimum absolute atomic E-state index is 0.0937. The van der Waals surface area contributed by atoms with Crippen molar-refractivity contribution in [2.75, 3.05) is 0 Å². The van der Waals surface area contributed by atoms with E-state index in [1.54, 1.807) is 4.57 Å². The summed E-state index contributed by atoms with van der Waals surface area (Å²) in [4.78, 5) is 12.2. The van der Waals surface area contributed by atoms with Gasteiger partial charge >= 0.3 is 0 Å². The van der Waals surface area contributed by atoms with Crippen LogP contribution in [-0.2, 0) is 12.0 Å². The fourth-order valence-electron chi connectivity index (χ4n) is 2.63. The Bertz CT molecular complexity index is 694. The van der Waals surface area contributed by atoms with Crippen LogP contribution in [0.2, 0.25) is 0 Å². The van der Waals surface area contributed by atoms with Crippen LogP contribution in [0, 0.1) is 20.8 Å². The fraction of sp³-hybridized carbons (Fsp3) is 0.421. The summed E-state index contributed by atoms with van der Waals surface area (Å²) in [7, 11) is 0. The predicted octanol–water partition coefficient (Wildman–Crippen LogP) is 4.12. The first kappa shape index (κ1) is 15.6. The second kappa shape index (κ2) is 5.51. The Morgan fingerprint density at radius 2 is 1.57 bits per heavy atom. The SMILES string of the molecule is Cc1cc(C(C)(C)C)cc(C)c1Cn1cccc(C)c1=O. The summed E-state index contributed by atoms with van der Waals surface area (Å²) in [6.07, 6.45) is 1.87. The van der Waals surface area contributed by atoms with Gasteiger partial charge in [-0.25, -0.2) is 0 Å². The zero-order valence-corrected chi connectivity index (χ0v) is 13.9. The van der Waals surface area contributed by atoms with Crippen LogP contribution in [0.25, 0.3) is 0 Å². The van der Waals surface area contributed by atoms with Gasteiger partial charge in [0.1, 0.15) is 0 Å². The van der Waals surface area contributed by atoms with Crippen LogP contribution < -0.4 is 5.56 Å². The molecule has 0 aliphatic carbocycles. The van der Waals surface area contributed by atoms with Gasteiger partial charge in [0.2, 0.25) is 0 Å². The number of hydrogen-bond acceptors (Lipinski definition) is 1. The van der Waals surface area contributed by atoms with E-state index in [9.17, 15) is 4.79 Å². The Balaban J connectivity index is 2.47. The van der Waals surface area contributed by atoms with Gasteiger partial charge in [-0.05, 0) is 54.5 Å². The number of aromatic nitrogens is 1. The van der Waals surface area contributed by atoms with Crippen LogP contribution in [0.15, 0.2) is 35.3 Å². The lowest BCUT2D eigenvalue weighted by Gasteiger charge is -2.22. The van der Waals surface area contributed by atoms with Crippen molar-refractivity contribution in [3.8, 4) is 0 Å². The van der Waals surface area contributed by atoms with Gasteiger partial charge in [-0.2, -0.15) is 0 Å². The second-order valence-electron chi connectivity index (χ2n) is 6.96. The van der Waals surface area contributed by atoms with Gasteiger partial charge in [-0.1, -0.05) is 39.0 Å². The van der Waals surface area contributed by atoms with E-state index in [2.05, 4.69) is 46.8 Å². The monoisotopic (exact) mass is 283 g/mol. The minimum atomic E-state index is 0.0937. The molecule has 0 amide bonds. The van der Waals surface area contributed by atoms with E-state index in [1.165, 1.54) is 22.3 Å². The first-order chi connectivity index (χ1) is 9.70. The van der Waals surface area contributed by atoms with Gasteiger partial charge in [0.05, 0.1) is 6.54 Å². The van der Waals surface area contributed by atoms with Crippen molar-refractivity contribution >= 4 is 0 Å². The lowest BCUT2D eigenvalue weighted by Crippen LogP contribution is -2.22. The summed E-state index contributed by atoms with van der Waals surface area (Å²) in [5.74, 6) is 0. The molecule has 0 aliphatic heterocycles. The first-order valence-corrected chi connectivity index (χ1v) is 7.47. The molecule has 0 radical (unpaired) electrons. The quantitative estimate of drug-likeness (QED) is 0.812. The maximum Gasteiger partial charge on any atom is 0.253 e. The number of pyridine rings is 1. The summed E-state index contributed by atoms with van der Waals surface area (Å²) in [5, 5.41) is 0. The largest absolute Gasteiger partial charge is 0.311 e. The number of aryl methyl sites for hydroxylation is 3. The highest BCUT2D eigenvalue weighted by atomic mass is 16.1. The third-order valence-corrected chi connectivity index (χ3v) is 4.10. The van der Waals surface area contributed by atoms with Crippen LogP contribution in [0.5, 0.6) is 0 Å². The van der Waals surface area contributed by atoms with E-state index in [1.807, 2.05) is 25.3 Å². The van der Waals surface area contributed by atoms with Gasteiger partial charge in [0, 0.05) is 11.8 Å². The van der Waals surface area contributed by atoms with Crippen LogP contribution >= 0.6 is 0 Å². The minimum Gasteiger partial charge on any atom is -0.311 e. The molecule has 0 atom stereocenters. The molecule has 0 bridgehead atoms. The Morgan fingerprint density at radius 1 is 1.00 bits per heavy atom. The summed E-state index contributed by atoms with van der Waals surface area (Å²) < 4.78 is 1.79. The molecule has 2 nitrogen and oxygen atoms in total. The molecular weight excluding hydrogens is 258 g/mol. The summed E-state index contributed by atoms with van der Waals surface area (Å²) in [5.41, 5.74) is 6.14. The Hall–Kier alpha value is -1.83. The summed E-state index contributed by atoms with van der Waals surface area (Å²) in [6, 6.07) is 8.30. The van der Waals surface area contributed by atoms with E-state index in [4.69, 9.17) is 0 Å². The van der Waals surface area contributed by atoms with Crippen molar-refractivity contribution < 1.29 is 0 Å². The van der Waals surface area contributed by atoms with E-state index in [0.29, 0.717) is 6.54 Å². The lowest BCUT2D eigenvalue weighted by atomic mass is 9.84. The fourth-order valence-corrected chi connectivity index (χ4v) is 2.63. The number of rotatable bonds is 2. The molecule has 0 N–H and O–H groups in total. The molecule has 1 aromatic carbocycles. The molecule has 0 spiro atoms. The lowest BCUT2D eigenvalue weighted by molar-refractivity contribution is 0.588. The van der Waals surface area contributed by atoms with E-state index >= 15 is 0 Å². The molecule has 0 unspecified atom stereocenters. The Morgan fingerprint density at radius 3 is 2.10 bits per heavy atom. The summed E-state index contributed by atoms with van der Waals surface area (Å²) >= 11 is 0. The van der Waals surface area contributed by atoms with Crippen molar-refractivity contribution in [3.63, 3.8) is 0 Å².